The van der Waals surface area contributed by atoms with Crippen LogP contribution in [0.3, 0.4) is 0 Å². The molecule has 0 aliphatic carbocycles. The zero-order valence-electron chi connectivity index (χ0n) is 17.3. The van der Waals surface area contributed by atoms with Crippen LogP contribution >= 0.6 is 0 Å². The summed E-state index contributed by atoms with van der Waals surface area (Å²) in [6.07, 6.45) is 2.45. The average molecular weight is 415 g/mol. The number of phenols is 2. The predicted octanol–water partition coefficient (Wildman–Crippen LogP) is 4.28. The number of fused-ring (bicyclic) bond motifs is 6. The summed E-state index contributed by atoms with van der Waals surface area (Å²) in [5, 5.41) is 23.9. The minimum Gasteiger partial charge on any atom is -0.504 e. The first-order valence-electron chi connectivity index (χ1n) is 11.0. The first-order chi connectivity index (χ1) is 15.2. The summed E-state index contributed by atoms with van der Waals surface area (Å²) in [6.45, 7) is 3.56. The highest BCUT2D eigenvalue weighted by molar-refractivity contribution is 5.82. The molecule has 6 rings (SSSR count). The second kappa shape index (κ2) is 6.92. The van der Waals surface area contributed by atoms with Crippen LogP contribution in [-0.2, 0) is 5.41 Å². The largest absolute Gasteiger partial charge is 0.504 e. The van der Waals surface area contributed by atoms with Gasteiger partial charge in [0.05, 0.1) is 5.41 Å². The van der Waals surface area contributed by atoms with Gasteiger partial charge in [0.15, 0.2) is 11.5 Å². The van der Waals surface area contributed by atoms with E-state index in [0.717, 1.165) is 25.2 Å². The van der Waals surface area contributed by atoms with Crippen molar-refractivity contribution in [3.8, 4) is 17.2 Å². The third-order valence-electron chi connectivity index (χ3n) is 7.13. The molecule has 1 atom stereocenters. The topological polar surface area (TPSA) is 65.0 Å². The third kappa shape index (κ3) is 2.66. The van der Waals surface area contributed by atoms with Gasteiger partial charge in [0, 0.05) is 29.5 Å². The van der Waals surface area contributed by atoms with E-state index in [1.807, 2.05) is 0 Å². The summed E-state index contributed by atoms with van der Waals surface area (Å²) in [4.78, 5) is 2.46. The van der Waals surface area contributed by atoms with Crippen molar-refractivity contribution >= 4 is 11.4 Å². The molecule has 0 aromatic heterocycles. The molecule has 3 heterocycles. The van der Waals surface area contributed by atoms with E-state index in [4.69, 9.17) is 4.74 Å². The van der Waals surface area contributed by atoms with E-state index >= 15 is 0 Å². The third-order valence-corrected chi connectivity index (χ3v) is 7.13. The molecule has 5 nitrogen and oxygen atoms in total. The minimum atomic E-state index is -0.519. The molecule has 5 heteroatoms. The molecule has 0 radical (unpaired) electrons. The van der Waals surface area contributed by atoms with Crippen molar-refractivity contribution in [2.24, 2.45) is 5.92 Å². The van der Waals surface area contributed by atoms with Gasteiger partial charge in [-0.1, -0.05) is 36.4 Å². The Morgan fingerprint density at radius 2 is 1.61 bits per heavy atom. The quantitative estimate of drug-likeness (QED) is 0.547. The van der Waals surface area contributed by atoms with E-state index in [1.54, 1.807) is 6.07 Å². The monoisotopic (exact) mass is 414 g/mol. The molecule has 1 saturated heterocycles. The van der Waals surface area contributed by atoms with Crippen LogP contribution in [-0.4, -0.2) is 36.5 Å². The lowest BCUT2D eigenvalue weighted by molar-refractivity contribution is 0.310. The van der Waals surface area contributed by atoms with E-state index < -0.39 is 5.41 Å². The fourth-order valence-corrected chi connectivity index (χ4v) is 5.67. The summed E-state index contributed by atoms with van der Waals surface area (Å²) in [6, 6.07) is 20.3. The van der Waals surface area contributed by atoms with Gasteiger partial charge in [-0.15, -0.1) is 0 Å². The Morgan fingerprint density at radius 3 is 2.29 bits per heavy atom. The maximum atomic E-state index is 10.3. The van der Waals surface area contributed by atoms with Crippen molar-refractivity contribution in [3.05, 3.63) is 77.4 Å². The molecule has 1 fully saturated rings. The molecule has 1 unspecified atom stereocenters. The number of piperidine rings is 1. The number of ether oxygens (including phenoxy) is 1. The van der Waals surface area contributed by atoms with Gasteiger partial charge >= 0.3 is 0 Å². The van der Waals surface area contributed by atoms with E-state index in [1.165, 1.54) is 41.4 Å². The van der Waals surface area contributed by atoms with Crippen molar-refractivity contribution in [2.75, 3.05) is 31.1 Å². The zero-order valence-corrected chi connectivity index (χ0v) is 17.3. The molecule has 158 valence electrons. The van der Waals surface area contributed by atoms with Crippen LogP contribution in [0.25, 0.3) is 0 Å². The molecule has 3 aromatic carbocycles. The van der Waals surface area contributed by atoms with Crippen LogP contribution in [0.2, 0.25) is 0 Å². The Labute approximate surface area is 181 Å². The van der Waals surface area contributed by atoms with Crippen LogP contribution < -0.4 is 15.0 Å². The van der Waals surface area contributed by atoms with Crippen molar-refractivity contribution in [1.29, 1.82) is 0 Å². The number of anilines is 2. The number of phenolic OH excluding ortho intramolecular Hbond substituents is 2. The number of aromatic hydroxyl groups is 2. The second-order valence-electron chi connectivity index (χ2n) is 8.89. The number of hydrogen-bond acceptors (Lipinski definition) is 5. The smallest absolute Gasteiger partial charge is 0.161 e. The molecular formula is C26H26N2O3. The molecular weight excluding hydrogens is 388 g/mol. The van der Waals surface area contributed by atoms with Crippen molar-refractivity contribution < 1.29 is 14.9 Å². The predicted molar refractivity (Wildman–Crippen MR) is 121 cm³/mol. The van der Waals surface area contributed by atoms with Crippen LogP contribution in [0.15, 0.2) is 60.7 Å². The lowest BCUT2D eigenvalue weighted by Gasteiger charge is -2.44. The van der Waals surface area contributed by atoms with Crippen LogP contribution in [0.4, 0.5) is 11.4 Å². The highest BCUT2D eigenvalue weighted by Crippen LogP contribution is 2.58. The van der Waals surface area contributed by atoms with E-state index in [2.05, 4.69) is 58.7 Å². The van der Waals surface area contributed by atoms with Gasteiger partial charge in [0.2, 0.25) is 0 Å². The highest BCUT2D eigenvalue weighted by atomic mass is 16.5. The molecule has 3 aliphatic rings. The minimum absolute atomic E-state index is 0.116. The standard InChI is InChI=1S/C26H26N2O3/c29-23-12-20-25(13-24(23)30)31-16-26(20)18-7-1-3-9-21(18)28(15-17-6-5-11-27-14-17)22-10-4-2-8-19(22)26/h1-4,7-10,12-13,17,27,29-30H,5-6,11,14-16H2. The molecule has 3 aliphatic heterocycles. The lowest BCUT2D eigenvalue weighted by Crippen LogP contribution is -2.42. The maximum Gasteiger partial charge on any atom is 0.161 e. The Bertz CT molecular complexity index is 1110. The van der Waals surface area contributed by atoms with E-state index in [-0.39, 0.29) is 11.5 Å². The lowest BCUT2D eigenvalue weighted by atomic mass is 9.67. The molecule has 3 aromatic rings. The number of nitrogens with zero attached hydrogens (tertiary/aromatic N) is 1. The molecule has 1 spiro atoms. The van der Waals surface area contributed by atoms with Gasteiger partial charge in [-0.05, 0) is 61.2 Å². The first-order valence-corrected chi connectivity index (χ1v) is 11.0. The van der Waals surface area contributed by atoms with E-state index in [0.29, 0.717) is 18.3 Å². The maximum absolute atomic E-state index is 10.3. The summed E-state index contributed by atoms with van der Waals surface area (Å²) in [5.74, 6) is 0.954. The zero-order chi connectivity index (χ0) is 21.0. The van der Waals surface area contributed by atoms with Crippen molar-refractivity contribution in [3.63, 3.8) is 0 Å². The summed E-state index contributed by atoms with van der Waals surface area (Å²) < 4.78 is 6.13. The molecule has 3 N–H and O–H groups in total. The molecule has 0 amide bonds. The van der Waals surface area contributed by atoms with Crippen LogP contribution in [0, 0.1) is 5.92 Å². The van der Waals surface area contributed by atoms with Crippen molar-refractivity contribution in [1.82, 2.24) is 5.32 Å². The molecule has 0 bridgehead atoms. The Hall–Kier alpha value is -3.18. The molecule has 31 heavy (non-hydrogen) atoms. The van der Waals surface area contributed by atoms with E-state index in [9.17, 15) is 10.2 Å². The summed E-state index contributed by atoms with van der Waals surface area (Å²) >= 11 is 0. The number of benzene rings is 3. The summed E-state index contributed by atoms with van der Waals surface area (Å²) in [7, 11) is 0. The van der Waals surface area contributed by atoms with Crippen LogP contribution in [0.5, 0.6) is 17.2 Å². The summed E-state index contributed by atoms with van der Waals surface area (Å²) in [5.41, 5.74) is 5.13. The van der Waals surface area contributed by atoms with Gasteiger partial charge in [-0.25, -0.2) is 0 Å². The SMILES string of the molecule is Oc1cc2c(cc1O)C1(CO2)c2ccccc2N(CC2CCCNC2)c2ccccc21. The highest BCUT2D eigenvalue weighted by Gasteiger charge is 2.50. The van der Waals surface area contributed by atoms with Gasteiger partial charge in [0.25, 0.3) is 0 Å². The number of hydrogen-bond donors (Lipinski definition) is 3. The Kier molecular flexibility index (Phi) is 4.15. The fraction of sp³-hybridized carbons (Fsp3) is 0.308. The van der Waals surface area contributed by atoms with Gasteiger partial charge in [-0.2, -0.15) is 0 Å². The van der Waals surface area contributed by atoms with Gasteiger partial charge in [0.1, 0.15) is 12.4 Å². The van der Waals surface area contributed by atoms with Crippen LogP contribution in [0.1, 0.15) is 29.5 Å². The number of rotatable bonds is 2. The van der Waals surface area contributed by atoms with Crippen molar-refractivity contribution in [2.45, 2.75) is 18.3 Å². The second-order valence-corrected chi connectivity index (χ2v) is 8.89. The first kappa shape index (κ1) is 18.6. The van der Waals surface area contributed by atoms with Gasteiger partial charge in [-0.3, -0.25) is 0 Å². The average Bonchev–Trinajstić information content (AvgIpc) is 3.16. The van der Waals surface area contributed by atoms with Gasteiger partial charge < -0.3 is 25.2 Å². The molecule has 0 saturated carbocycles. The normalized spacial score (nSPS) is 20.6. The fourth-order valence-electron chi connectivity index (χ4n) is 5.67. The number of para-hydroxylation sites is 2. The Balaban J connectivity index is 1.57. The Morgan fingerprint density at radius 1 is 0.935 bits per heavy atom. The number of nitrogens with one attached hydrogen (secondary N) is 1.